The van der Waals surface area contributed by atoms with Crippen molar-refractivity contribution in [3.63, 3.8) is 0 Å². The van der Waals surface area contributed by atoms with E-state index < -0.39 is 0 Å². The summed E-state index contributed by atoms with van der Waals surface area (Å²) >= 11 is 0. The van der Waals surface area contributed by atoms with Crippen LogP contribution in [0.4, 0.5) is 0 Å². The maximum atomic E-state index is 12.0. The quantitative estimate of drug-likeness (QED) is 0.675. The number of hydrogen-bond donors (Lipinski definition) is 1. The van der Waals surface area contributed by atoms with Crippen LogP contribution in [0, 0.1) is 6.92 Å². The first-order valence-electron chi connectivity index (χ1n) is 6.18. The van der Waals surface area contributed by atoms with Crippen LogP contribution in [0.15, 0.2) is 52.2 Å². The van der Waals surface area contributed by atoms with Gasteiger partial charge >= 0.3 is 0 Å². The van der Waals surface area contributed by atoms with Gasteiger partial charge in [0.2, 0.25) is 0 Å². The van der Waals surface area contributed by atoms with Gasteiger partial charge in [0, 0.05) is 5.56 Å². The molecule has 1 aromatic heterocycles. The van der Waals surface area contributed by atoms with Crippen molar-refractivity contribution in [2.24, 2.45) is 5.10 Å². The Morgan fingerprint density at radius 1 is 1.26 bits per heavy atom. The number of aryl methyl sites for hydroxylation is 1. The van der Waals surface area contributed by atoms with Gasteiger partial charge in [0.05, 0.1) is 6.26 Å². The normalized spacial score (nSPS) is 11.4. The second kappa shape index (κ2) is 6.00. The monoisotopic (exact) mass is 256 g/mol. The zero-order valence-electron chi connectivity index (χ0n) is 11.0. The molecule has 4 heteroatoms. The van der Waals surface area contributed by atoms with Gasteiger partial charge in [-0.05, 0) is 37.1 Å². The van der Waals surface area contributed by atoms with Crippen LogP contribution in [0.2, 0.25) is 0 Å². The molecular weight excluding hydrogens is 240 g/mol. The van der Waals surface area contributed by atoms with Crippen molar-refractivity contribution in [3.05, 3.63) is 59.5 Å². The molecule has 98 valence electrons. The van der Waals surface area contributed by atoms with Crippen molar-refractivity contribution in [2.45, 2.75) is 20.3 Å². The van der Waals surface area contributed by atoms with E-state index in [-0.39, 0.29) is 5.91 Å². The molecule has 0 saturated heterocycles. The number of furan rings is 1. The summed E-state index contributed by atoms with van der Waals surface area (Å²) in [6.45, 7) is 3.85. The Morgan fingerprint density at radius 2 is 2.05 bits per heavy atom. The third-order valence-electron chi connectivity index (χ3n) is 2.82. The summed E-state index contributed by atoms with van der Waals surface area (Å²) in [6, 6.07) is 11.0. The summed E-state index contributed by atoms with van der Waals surface area (Å²) in [6.07, 6.45) is 2.27. The number of hydrazone groups is 1. The van der Waals surface area contributed by atoms with Crippen molar-refractivity contribution in [2.75, 3.05) is 0 Å². The van der Waals surface area contributed by atoms with E-state index in [2.05, 4.69) is 10.5 Å². The lowest BCUT2D eigenvalue weighted by Crippen LogP contribution is -2.20. The van der Waals surface area contributed by atoms with Crippen LogP contribution in [0.1, 0.15) is 35.0 Å². The smallest absolute Gasteiger partial charge is 0.271 e. The predicted molar refractivity (Wildman–Crippen MR) is 74.2 cm³/mol. The molecule has 1 amide bonds. The summed E-state index contributed by atoms with van der Waals surface area (Å²) in [4.78, 5) is 12.0. The summed E-state index contributed by atoms with van der Waals surface area (Å²) < 4.78 is 5.27. The molecule has 0 atom stereocenters. The number of carbonyl (C=O) groups excluding carboxylic acids is 1. The van der Waals surface area contributed by atoms with Crippen LogP contribution in [0.25, 0.3) is 0 Å². The maximum Gasteiger partial charge on any atom is 0.271 e. The summed E-state index contributed by atoms with van der Waals surface area (Å²) in [7, 11) is 0. The number of carbonyl (C=O) groups is 1. The van der Waals surface area contributed by atoms with E-state index in [1.807, 2.05) is 38.1 Å². The molecule has 0 aliphatic rings. The summed E-state index contributed by atoms with van der Waals surface area (Å²) in [5.41, 5.74) is 4.83. The molecule has 1 heterocycles. The molecule has 0 bridgehead atoms. The number of rotatable bonds is 4. The summed E-state index contributed by atoms with van der Waals surface area (Å²) in [5, 5.41) is 4.13. The van der Waals surface area contributed by atoms with Gasteiger partial charge in [0.1, 0.15) is 11.5 Å². The Kier molecular flexibility index (Phi) is 4.13. The Bertz CT molecular complexity index is 586. The van der Waals surface area contributed by atoms with E-state index in [4.69, 9.17) is 4.42 Å². The standard InChI is InChI=1S/C15H16N2O2/c1-3-13(14-9-6-10-19-14)16-17-15(18)12-8-5-4-7-11(12)2/h4-10H,3H2,1-2H3,(H,17,18)/b16-13-. The van der Waals surface area contributed by atoms with Crippen molar-refractivity contribution in [1.82, 2.24) is 5.43 Å². The number of amides is 1. The Labute approximate surface area is 112 Å². The molecule has 0 aliphatic carbocycles. The molecule has 1 aromatic carbocycles. The third-order valence-corrected chi connectivity index (χ3v) is 2.82. The average Bonchev–Trinajstić information content (AvgIpc) is 2.94. The zero-order chi connectivity index (χ0) is 13.7. The van der Waals surface area contributed by atoms with Gasteiger partial charge in [-0.2, -0.15) is 5.10 Å². The van der Waals surface area contributed by atoms with Gasteiger partial charge in [-0.15, -0.1) is 0 Å². The summed E-state index contributed by atoms with van der Waals surface area (Å²) in [5.74, 6) is 0.461. The van der Waals surface area contributed by atoms with Crippen molar-refractivity contribution in [3.8, 4) is 0 Å². The fraction of sp³-hybridized carbons (Fsp3) is 0.200. The van der Waals surface area contributed by atoms with E-state index in [9.17, 15) is 4.79 Å². The first kappa shape index (κ1) is 13.1. The van der Waals surface area contributed by atoms with Crippen LogP contribution in [-0.4, -0.2) is 11.6 Å². The lowest BCUT2D eigenvalue weighted by molar-refractivity contribution is 0.0954. The van der Waals surface area contributed by atoms with Gasteiger partial charge in [0.15, 0.2) is 0 Å². The highest BCUT2D eigenvalue weighted by Crippen LogP contribution is 2.08. The van der Waals surface area contributed by atoms with E-state index in [1.165, 1.54) is 0 Å². The molecule has 4 nitrogen and oxygen atoms in total. The van der Waals surface area contributed by atoms with E-state index in [0.717, 1.165) is 5.56 Å². The molecule has 0 spiro atoms. The molecule has 1 N–H and O–H groups in total. The predicted octanol–water partition coefficient (Wildman–Crippen LogP) is 3.13. The lowest BCUT2D eigenvalue weighted by Gasteiger charge is -2.05. The van der Waals surface area contributed by atoms with Gasteiger partial charge in [-0.1, -0.05) is 25.1 Å². The highest BCUT2D eigenvalue weighted by Gasteiger charge is 2.09. The number of benzene rings is 1. The lowest BCUT2D eigenvalue weighted by atomic mass is 10.1. The Morgan fingerprint density at radius 3 is 2.68 bits per heavy atom. The first-order chi connectivity index (χ1) is 9.22. The number of nitrogens with zero attached hydrogens (tertiary/aromatic N) is 1. The van der Waals surface area contributed by atoms with Crippen LogP contribution in [-0.2, 0) is 0 Å². The first-order valence-corrected chi connectivity index (χ1v) is 6.18. The minimum Gasteiger partial charge on any atom is -0.463 e. The second-order valence-corrected chi connectivity index (χ2v) is 4.15. The topological polar surface area (TPSA) is 54.6 Å². The van der Waals surface area contributed by atoms with E-state index in [0.29, 0.717) is 23.5 Å². The second-order valence-electron chi connectivity index (χ2n) is 4.15. The Hall–Kier alpha value is -2.36. The van der Waals surface area contributed by atoms with Crippen LogP contribution < -0.4 is 5.43 Å². The Balaban J connectivity index is 2.13. The molecule has 2 aromatic rings. The highest BCUT2D eigenvalue weighted by atomic mass is 16.3. The van der Waals surface area contributed by atoms with Gasteiger partial charge in [-0.25, -0.2) is 5.43 Å². The van der Waals surface area contributed by atoms with Gasteiger partial charge in [0.25, 0.3) is 5.91 Å². The third kappa shape index (κ3) is 3.10. The SMILES string of the molecule is CC/C(=N/NC(=O)c1ccccc1C)c1ccco1. The molecule has 0 radical (unpaired) electrons. The molecule has 0 fully saturated rings. The fourth-order valence-electron chi connectivity index (χ4n) is 1.76. The number of hydrogen-bond acceptors (Lipinski definition) is 3. The van der Waals surface area contributed by atoms with Crippen molar-refractivity contribution in [1.29, 1.82) is 0 Å². The van der Waals surface area contributed by atoms with Crippen molar-refractivity contribution >= 4 is 11.6 Å². The molecular formula is C15H16N2O2. The van der Waals surface area contributed by atoms with Crippen LogP contribution >= 0.6 is 0 Å². The molecule has 0 unspecified atom stereocenters. The van der Waals surface area contributed by atoms with E-state index >= 15 is 0 Å². The van der Waals surface area contributed by atoms with Gasteiger partial charge in [-0.3, -0.25) is 4.79 Å². The maximum absolute atomic E-state index is 12.0. The molecule has 2 rings (SSSR count). The van der Waals surface area contributed by atoms with Gasteiger partial charge < -0.3 is 4.42 Å². The fourth-order valence-corrected chi connectivity index (χ4v) is 1.76. The average molecular weight is 256 g/mol. The number of nitrogens with one attached hydrogen (secondary N) is 1. The molecule has 0 saturated carbocycles. The minimum atomic E-state index is -0.212. The van der Waals surface area contributed by atoms with Crippen LogP contribution in [0.3, 0.4) is 0 Å². The zero-order valence-corrected chi connectivity index (χ0v) is 11.0. The minimum absolute atomic E-state index is 0.212. The van der Waals surface area contributed by atoms with Crippen LogP contribution in [0.5, 0.6) is 0 Å². The van der Waals surface area contributed by atoms with E-state index in [1.54, 1.807) is 18.4 Å². The molecule has 19 heavy (non-hydrogen) atoms. The highest BCUT2D eigenvalue weighted by molar-refractivity contribution is 6.00. The largest absolute Gasteiger partial charge is 0.463 e. The van der Waals surface area contributed by atoms with Crippen molar-refractivity contribution < 1.29 is 9.21 Å². The molecule has 0 aliphatic heterocycles.